The molecule has 0 aliphatic heterocycles. The van der Waals surface area contributed by atoms with E-state index in [2.05, 4.69) is 36.2 Å². The van der Waals surface area contributed by atoms with Crippen LogP contribution in [0.1, 0.15) is 6.92 Å². The van der Waals surface area contributed by atoms with Crippen LogP contribution >= 0.6 is 15.9 Å². The quantitative estimate of drug-likeness (QED) is 0.740. The van der Waals surface area contributed by atoms with Crippen molar-refractivity contribution >= 4 is 38.3 Å². The highest BCUT2D eigenvalue weighted by atomic mass is 79.9. The topological polar surface area (TPSA) is 86.0 Å². The number of halogens is 1. The lowest BCUT2D eigenvalue weighted by molar-refractivity contribution is 0.468. The molecule has 22 heavy (non-hydrogen) atoms. The van der Waals surface area contributed by atoms with Crippen LogP contribution in [0.25, 0.3) is 10.9 Å². The largest absolute Gasteiger partial charge is 0.435 e. The Labute approximate surface area is 135 Å². The van der Waals surface area contributed by atoms with Gasteiger partial charge in [-0.25, -0.2) is 4.98 Å². The van der Waals surface area contributed by atoms with E-state index in [4.69, 9.17) is 10.5 Å². The summed E-state index contributed by atoms with van der Waals surface area (Å²) < 4.78 is 6.82. The molecule has 0 saturated heterocycles. The van der Waals surface area contributed by atoms with E-state index in [0.717, 1.165) is 15.4 Å². The van der Waals surface area contributed by atoms with Crippen molar-refractivity contribution in [3.05, 3.63) is 41.3 Å². The molecule has 0 aliphatic carbocycles. The lowest BCUT2D eigenvalue weighted by Gasteiger charge is -2.12. The third-order valence-electron chi connectivity index (χ3n) is 3.08. The second kappa shape index (κ2) is 6.15. The molecule has 3 N–H and O–H groups in total. The fourth-order valence-corrected chi connectivity index (χ4v) is 2.52. The number of nitrogen functional groups attached to an aromatic ring is 1. The highest BCUT2D eigenvalue weighted by Gasteiger charge is 2.13. The van der Waals surface area contributed by atoms with E-state index in [0.29, 0.717) is 29.7 Å². The van der Waals surface area contributed by atoms with Crippen molar-refractivity contribution in [3.63, 3.8) is 0 Å². The molecule has 0 saturated carbocycles. The van der Waals surface area contributed by atoms with Crippen molar-refractivity contribution in [1.29, 1.82) is 0 Å². The molecule has 0 aliphatic rings. The predicted octanol–water partition coefficient (Wildman–Crippen LogP) is 3.59. The number of nitrogens with two attached hydrogens (primary N) is 1. The van der Waals surface area contributed by atoms with Crippen molar-refractivity contribution in [2.75, 3.05) is 17.6 Å². The zero-order valence-corrected chi connectivity index (χ0v) is 13.5. The molecule has 1 aromatic carbocycles. The van der Waals surface area contributed by atoms with Gasteiger partial charge >= 0.3 is 0 Å². The third kappa shape index (κ3) is 2.67. The number of fused-ring (bicyclic) bond motifs is 1. The third-order valence-corrected chi connectivity index (χ3v) is 3.77. The minimum atomic E-state index is 0.306. The smallest absolute Gasteiger partial charge is 0.248 e. The van der Waals surface area contributed by atoms with E-state index < -0.39 is 0 Å². The number of aromatic nitrogens is 3. The number of anilines is 2. The second-order valence-corrected chi connectivity index (χ2v) is 5.37. The monoisotopic (exact) mass is 359 g/mol. The van der Waals surface area contributed by atoms with Crippen molar-refractivity contribution < 1.29 is 4.74 Å². The van der Waals surface area contributed by atoms with Gasteiger partial charge < -0.3 is 15.8 Å². The van der Waals surface area contributed by atoms with Gasteiger partial charge in [0.25, 0.3) is 0 Å². The van der Waals surface area contributed by atoms with Gasteiger partial charge in [-0.05, 0) is 25.1 Å². The van der Waals surface area contributed by atoms with Crippen LogP contribution in [0.2, 0.25) is 0 Å². The van der Waals surface area contributed by atoms with Crippen LogP contribution in [0, 0.1) is 0 Å². The summed E-state index contributed by atoms with van der Waals surface area (Å²) in [5.41, 5.74) is 7.16. The highest BCUT2D eigenvalue weighted by molar-refractivity contribution is 9.10. The normalized spacial score (nSPS) is 10.6. The van der Waals surface area contributed by atoms with E-state index in [1.54, 1.807) is 6.20 Å². The Morgan fingerprint density at radius 2 is 2.09 bits per heavy atom. The average Bonchev–Trinajstić information content (AvgIpc) is 2.54. The first-order valence-corrected chi connectivity index (χ1v) is 7.55. The second-order valence-electron chi connectivity index (χ2n) is 4.52. The zero-order chi connectivity index (χ0) is 15.5. The fraction of sp³-hybridized carbons (Fsp3) is 0.133. The van der Waals surface area contributed by atoms with Gasteiger partial charge in [-0.3, -0.25) is 4.98 Å². The first-order chi connectivity index (χ1) is 10.7. The molecular weight excluding hydrogens is 346 g/mol. The lowest BCUT2D eigenvalue weighted by atomic mass is 10.2. The number of ether oxygens (including phenoxy) is 1. The van der Waals surface area contributed by atoms with Crippen LogP contribution in [0.15, 0.2) is 41.3 Å². The Morgan fingerprint density at radius 1 is 1.23 bits per heavy atom. The Bertz CT molecular complexity index is 824. The molecule has 6 nitrogen and oxygen atoms in total. The van der Waals surface area contributed by atoms with Gasteiger partial charge in [0, 0.05) is 22.6 Å². The van der Waals surface area contributed by atoms with Crippen LogP contribution < -0.4 is 15.8 Å². The molecule has 0 radical (unpaired) electrons. The first-order valence-electron chi connectivity index (χ1n) is 6.76. The Hall–Kier alpha value is -2.41. The number of hydrogen-bond acceptors (Lipinski definition) is 6. The minimum absolute atomic E-state index is 0.306. The van der Waals surface area contributed by atoms with Gasteiger partial charge in [-0.1, -0.05) is 22.0 Å². The van der Waals surface area contributed by atoms with Gasteiger partial charge in [0.1, 0.15) is 17.5 Å². The molecule has 2 aromatic heterocycles. The van der Waals surface area contributed by atoms with Gasteiger partial charge in [-0.15, -0.1) is 0 Å². The van der Waals surface area contributed by atoms with Gasteiger partial charge in [0.05, 0.1) is 0 Å². The van der Waals surface area contributed by atoms with E-state index in [9.17, 15) is 0 Å². The van der Waals surface area contributed by atoms with Crippen LogP contribution in [-0.2, 0) is 0 Å². The number of benzene rings is 1. The number of nitrogens with one attached hydrogen (secondary N) is 1. The van der Waals surface area contributed by atoms with Crippen molar-refractivity contribution in [2.45, 2.75) is 6.92 Å². The molecule has 0 amide bonds. The minimum Gasteiger partial charge on any atom is -0.435 e. The summed E-state index contributed by atoms with van der Waals surface area (Å²) in [5.74, 6) is 1.45. The van der Waals surface area contributed by atoms with Gasteiger partial charge in [0.15, 0.2) is 11.6 Å². The molecule has 7 heteroatoms. The fourth-order valence-electron chi connectivity index (χ4n) is 2.07. The number of pyridine rings is 1. The maximum Gasteiger partial charge on any atom is 0.248 e. The molecule has 3 rings (SSSR count). The summed E-state index contributed by atoms with van der Waals surface area (Å²) in [4.78, 5) is 12.6. The predicted molar refractivity (Wildman–Crippen MR) is 90.1 cm³/mol. The van der Waals surface area contributed by atoms with Crippen LogP contribution in [0.4, 0.5) is 11.5 Å². The van der Waals surface area contributed by atoms with E-state index in [1.165, 1.54) is 6.33 Å². The summed E-state index contributed by atoms with van der Waals surface area (Å²) in [6.07, 6.45) is 3.13. The average molecular weight is 360 g/mol. The van der Waals surface area contributed by atoms with Crippen molar-refractivity contribution in [2.24, 2.45) is 0 Å². The Balaban J connectivity index is 2.04. The summed E-state index contributed by atoms with van der Waals surface area (Å²) in [5, 5.41) is 4.03. The summed E-state index contributed by atoms with van der Waals surface area (Å²) >= 11 is 3.51. The zero-order valence-electron chi connectivity index (χ0n) is 11.9. The SMILES string of the molecule is CCNc1ncnc(Oc2ccc(Br)c3cccnc23)c1N. The van der Waals surface area contributed by atoms with Crippen LogP contribution in [-0.4, -0.2) is 21.5 Å². The molecule has 0 unspecified atom stereocenters. The molecule has 0 fully saturated rings. The lowest BCUT2D eigenvalue weighted by Crippen LogP contribution is -2.06. The molecule has 0 bridgehead atoms. The highest BCUT2D eigenvalue weighted by Crippen LogP contribution is 2.35. The molecular formula is C15H14BrN5O. The van der Waals surface area contributed by atoms with Crippen LogP contribution in [0.5, 0.6) is 11.6 Å². The number of nitrogens with zero attached hydrogens (tertiary/aromatic N) is 3. The summed E-state index contributed by atoms with van der Waals surface area (Å²) in [7, 11) is 0. The number of rotatable bonds is 4. The Morgan fingerprint density at radius 3 is 2.91 bits per heavy atom. The standard InChI is InChI=1S/C15H14BrN5O/c1-2-18-14-12(17)15(21-8-20-14)22-11-6-5-10(16)9-4-3-7-19-13(9)11/h3-8H,2,17H2,1H3,(H,18,20,21). The van der Waals surface area contributed by atoms with Gasteiger partial charge in [-0.2, -0.15) is 4.98 Å². The first kappa shape index (κ1) is 14.5. The molecule has 112 valence electrons. The van der Waals surface area contributed by atoms with Crippen LogP contribution in [0.3, 0.4) is 0 Å². The molecule has 2 heterocycles. The van der Waals surface area contributed by atoms with E-state index in [-0.39, 0.29) is 0 Å². The molecule has 0 spiro atoms. The number of hydrogen-bond donors (Lipinski definition) is 2. The molecule has 0 atom stereocenters. The van der Waals surface area contributed by atoms with E-state index in [1.807, 2.05) is 31.2 Å². The Kier molecular flexibility index (Phi) is 4.06. The molecule has 3 aromatic rings. The van der Waals surface area contributed by atoms with Crippen molar-refractivity contribution in [1.82, 2.24) is 15.0 Å². The van der Waals surface area contributed by atoms with E-state index >= 15 is 0 Å². The van der Waals surface area contributed by atoms with Gasteiger partial charge in [0.2, 0.25) is 5.88 Å². The van der Waals surface area contributed by atoms with Crippen molar-refractivity contribution in [3.8, 4) is 11.6 Å². The summed E-state index contributed by atoms with van der Waals surface area (Å²) in [6, 6.07) is 7.57. The summed E-state index contributed by atoms with van der Waals surface area (Å²) in [6.45, 7) is 2.68. The maximum atomic E-state index is 6.05. The maximum absolute atomic E-state index is 6.05.